The summed E-state index contributed by atoms with van der Waals surface area (Å²) in [6.07, 6.45) is 4.63. The monoisotopic (exact) mass is 480 g/mol. The lowest BCUT2D eigenvalue weighted by molar-refractivity contribution is -0.142. The number of nitrogens with two attached hydrogens (primary N) is 1. The second-order valence-electron chi connectivity index (χ2n) is 7.50. The summed E-state index contributed by atoms with van der Waals surface area (Å²) >= 11 is 2.99. The standard InChI is InChI=1S/C19H36N4O6S2/c1-11(2)9-14(19(28)29)22-17(26)13(6-8-31-4)21-18(27)15(10-24)23-16(25)12(20)5-7-30-3/h11-15,24H,5-10,20H2,1-4H3,(H,21,27)(H,22,26)(H,23,25)(H,28,29). The number of aliphatic carboxylic acids is 1. The van der Waals surface area contributed by atoms with Crippen LogP contribution in [0.5, 0.6) is 0 Å². The fourth-order valence-electron chi connectivity index (χ4n) is 2.59. The van der Waals surface area contributed by atoms with Crippen molar-refractivity contribution in [3.8, 4) is 0 Å². The number of hydrogen-bond acceptors (Lipinski definition) is 8. The molecule has 0 heterocycles. The van der Waals surface area contributed by atoms with E-state index in [4.69, 9.17) is 5.73 Å². The highest BCUT2D eigenvalue weighted by atomic mass is 32.2. The van der Waals surface area contributed by atoms with Crippen molar-refractivity contribution >= 4 is 47.2 Å². The minimum Gasteiger partial charge on any atom is -0.480 e. The highest BCUT2D eigenvalue weighted by Gasteiger charge is 2.30. The van der Waals surface area contributed by atoms with E-state index in [0.29, 0.717) is 17.9 Å². The van der Waals surface area contributed by atoms with Crippen LogP contribution in [-0.4, -0.2) is 88.7 Å². The summed E-state index contributed by atoms with van der Waals surface area (Å²) in [5.74, 6) is -1.85. The van der Waals surface area contributed by atoms with Gasteiger partial charge in [0.05, 0.1) is 12.6 Å². The van der Waals surface area contributed by atoms with Gasteiger partial charge in [0, 0.05) is 0 Å². The lowest BCUT2D eigenvalue weighted by Crippen LogP contribution is -2.58. The predicted octanol–water partition coefficient (Wildman–Crippen LogP) is -0.603. The van der Waals surface area contributed by atoms with Crippen LogP contribution in [0, 0.1) is 5.92 Å². The molecule has 12 heteroatoms. The van der Waals surface area contributed by atoms with Crippen molar-refractivity contribution in [1.29, 1.82) is 0 Å². The molecule has 7 N–H and O–H groups in total. The van der Waals surface area contributed by atoms with Gasteiger partial charge in [0.1, 0.15) is 18.1 Å². The topological polar surface area (TPSA) is 171 Å². The first kappa shape index (κ1) is 29.5. The van der Waals surface area contributed by atoms with E-state index >= 15 is 0 Å². The van der Waals surface area contributed by atoms with Crippen molar-refractivity contribution in [2.75, 3.05) is 30.6 Å². The summed E-state index contributed by atoms with van der Waals surface area (Å²) in [6.45, 7) is 3.01. The van der Waals surface area contributed by atoms with E-state index in [1.165, 1.54) is 23.5 Å². The second-order valence-corrected chi connectivity index (χ2v) is 9.47. The maximum Gasteiger partial charge on any atom is 0.326 e. The Bertz CT molecular complexity index is 594. The molecule has 0 aromatic carbocycles. The average Bonchev–Trinajstić information content (AvgIpc) is 2.71. The number of carboxylic acid groups (broad SMARTS) is 1. The van der Waals surface area contributed by atoms with E-state index in [1.807, 2.05) is 26.4 Å². The molecular weight excluding hydrogens is 444 g/mol. The van der Waals surface area contributed by atoms with E-state index in [1.54, 1.807) is 0 Å². The molecule has 0 aromatic heterocycles. The Labute approximate surface area is 192 Å². The van der Waals surface area contributed by atoms with E-state index in [0.717, 1.165) is 0 Å². The van der Waals surface area contributed by atoms with Crippen LogP contribution in [0.2, 0.25) is 0 Å². The largest absolute Gasteiger partial charge is 0.480 e. The molecule has 4 unspecified atom stereocenters. The molecule has 0 aliphatic heterocycles. The van der Waals surface area contributed by atoms with Gasteiger partial charge in [0.2, 0.25) is 17.7 Å². The molecule has 4 atom stereocenters. The van der Waals surface area contributed by atoms with Crippen LogP contribution in [0.4, 0.5) is 0 Å². The normalized spacial score (nSPS) is 14.9. The molecule has 0 saturated carbocycles. The number of carboxylic acids is 1. The molecule has 0 aliphatic carbocycles. The first-order valence-electron chi connectivity index (χ1n) is 10.1. The molecule has 0 bridgehead atoms. The van der Waals surface area contributed by atoms with E-state index in [2.05, 4.69) is 16.0 Å². The molecule has 0 saturated heterocycles. The van der Waals surface area contributed by atoms with Crippen molar-refractivity contribution in [2.45, 2.75) is 57.3 Å². The Morgan fingerprint density at radius 3 is 1.81 bits per heavy atom. The zero-order chi connectivity index (χ0) is 24.0. The van der Waals surface area contributed by atoms with Gasteiger partial charge in [-0.3, -0.25) is 14.4 Å². The number of thioether (sulfide) groups is 2. The summed E-state index contributed by atoms with van der Waals surface area (Å²) in [7, 11) is 0. The number of carbonyl (C=O) groups excluding carboxylic acids is 3. The fraction of sp³-hybridized carbons (Fsp3) is 0.789. The summed E-state index contributed by atoms with van der Waals surface area (Å²) in [4.78, 5) is 48.9. The van der Waals surface area contributed by atoms with Crippen LogP contribution in [-0.2, 0) is 19.2 Å². The zero-order valence-electron chi connectivity index (χ0n) is 18.6. The van der Waals surface area contributed by atoms with Gasteiger partial charge in [0.15, 0.2) is 0 Å². The highest BCUT2D eigenvalue weighted by Crippen LogP contribution is 2.07. The zero-order valence-corrected chi connectivity index (χ0v) is 20.2. The lowest BCUT2D eigenvalue weighted by atomic mass is 10.0. The number of rotatable bonds is 16. The third-order valence-electron chi connectivity index (χ3n) is 4.35. The number of aliphatic hydroxyl groups excluding tert-OH is 1. The van der Waals surface area contributed by atoms with Crippen molar-refractivity contribution in [1.82, 2.24) is 16.0 Å². The van der Waals surface area contributed by atoms with E-state index < -0.39 is 54.5 Å². The number of carbonyl (C=O) groups is 4. The van der Waals surface area contributed by atoms with Gasteiger partial charge in [-0.1, -0.05) is 13.8 Å². The Balaban J connectivity index is 5.16. The molecule has 0 fully saturated rings. The van der Waals surface area contributed by atoms with Crippen LogP contribution in [0.25, 0.3) is 0 Å². The summed E-state index contributed by atoms with van der Waals surface area (Å²) in [5, 5.41) is 26.3. The maximum absolute atomic E-state index is 12.7. The lowest BCUT2D eigenvalue weighted by Gasteiger charge is -2.24. The number of hydrogen-bond donors (Lipinski definition) is 6. The number of nitrogens with one attached hydrogen (secondary N) is 3. The number of aliphatic hydroxyl groups is 1. The van der Waals surface area contributed by atoms with Gasteiger partial charge >= 0.3 is 5.97 Å². The first-order chi connectivity index (χ1) is 14.6. The third kappa shape index (κ3) is 12.2. The molecule has 0 aromatic rings. The Morgan fingerprint density at radius 1 is 0.839 bits per heavy atom. The molecule has 31 heavy (non-hydrogen) atoms. The van der Waals surface area contributed by atoms with Gasteiger partial charge in [-0.2, -0.15) is 23.5 Å². The van der Waals surface area contributed by atoms with Crippen LogP contribution in [0.3, 0.4) is 0 Å². The smallest absolute Gasteiger partial charge is 0.326 e. The SMILES string of the molecule is CSCCC(N)C(=O)NC(CO)C(=O)NC(CCSC)C(=O)NC(CC(C)C)C(=O)O. The Morgan fingerprint density at radius 2 is 1.32 bits per heavy atom. The quantitative estimate of drug-likeness (QED) is 0.169. The summed E-state index contributed by atoms with van der Waals surface area (Å²) in [5.41, 5.74) is 5.78. The van der Waals surface area contributed by atoms with Crippen molar-refractivity contribution in [3.05, 3.63) is 0 Å². The average molecular weight is 481 g/mol. The van der Waals surface area contributed by atoms with Gasteiger partial charge in [-0.15, -0.1) is 0 Å². The fourth-order valence-corrected chi connectivity index (χ4v) is 3.55. The molecular formula is C19H36N4O6S2. The molecule has 3 amide bonds. The van der Waals surface area contributed by atoms with Crippen LogP contribution in [0.15, 0.2) is 0 Å². The van der Waals surface area contributed by atoms with E-state index in [-0.39, 0.29) is 18.8 Å². The van der Waals surface area contributed by atoms with Crippen molar-refractivity contribution in [2.24, 2.45) is 11.7 Å². The first-order valence-corrected chi connectivity index (χ1v) is 12.8. The second kappa shape index (κ2) is 16.2. The number of amides is 3. The molecule has 180 valence electrons. The maximum atomic E-state index is 12.7. The molecule has 0 rings (SSSR count). The van der Waals surface area contributed by atoms with Gasteiger partial charge in [0.25, 0.3) is 0 Å². The third-order valence-corrected chi connectivity index (χ3v) is 5.64. The molecule has 0 radical (unpaired) electrons. The van der Waals surface area contributed by atoms with Gasteiger partial charge in [-0.25, -0.2) is 4.79 Å². The van der Waals surface area contributed by atoms with Gasteiger partial charge < -0.3 is 31.9 Å². The minimum atomic E-state index is -1.27. The van der Waals surface area contributed by atoms with Gasteiger partial charge in [-0.05, 0) is 49.2 Å². The predicted molar refractivity (Wildman–Crippen MR) is 124 cm³/mol. The molecule has 0 spiro atoms. The molecule has 0 aliphatic rings. The van der Waals surface area contributed by atoms with Crippen LogP contribution in [0.1, 0.15) is 33.1 Å². The Hall–Kier alpha value is -1.50. The van der Waals surface area contributed by atoms with Crippen molar-refractivity contribution < 1.29 is 29.4 Å². The Kier molecular flexibility index (Phi) is 15.4. The summed E-state index contributed by atoms with van der Waals surface area (Å²) < 4.78 is 0. The minimum absolute atomic E-state index is 0.0462. The van der Waals surface area contributed by atoms with Crippen LogP contribution >= 0.6 is 23.5 Å². The van der Waals surface area contributed by atoms with E-state index in [9.17, 15) is 29.4 Å². The molecule has 10 nitrogen and oxygen atoms in total. The van der Waals surface area contributed by atoms with Crippen molar-refractivity contribution in [3.63, 3.8) is 0 Å². The summed E-state index contributed by atoms with van der Waals surface area (Å²) in [6, 6.07) is -4.19. The van der Waals surface area contributed by atoms with Crippen LogP contribution < -0.4 is 21.7 Å². The highest BCUT2D eigenvalue weighted by molar-refractivity contribution is 7.98.